The highest BCUT2D eigenvalue weighted by molar-refractivity contribution is 5.80. The second kappa shape index (κ2) is 6.22. The van der Waals surface area contributed by atoms with Gasteiger partial charge in [-0.2, -0.15) is 0 Å². The molecule has 2 heterocycles. The lowest BCUT2D eigenvalue weighted by atomic mass is 10.1. The molecule has 19 heavy (non-hydrogen) atoms. The summed E-state index contributed by atoms with van der Waals surface area (Å²) < 4.78 is 5.55. The van der Waals surface area contributed by atoms with Crippen LogP contribution in [0.25, 0.3) is 11.0 Å². The molecular weight excluding hydrogens is 236 g/mol. The van der Waals surface area contributed by atoms with E-state index >= 15 is 0 Å². The Morgan fingerprint density at radius 1 is 1.26 bits per heavy atom. The molecule has 0 amide bonds. The summed E-state index contributed by atoms with van der Waals surface area (Å²) in [6.07, 6.45) is 5.57. The normalized spacial score (nSPS) is 19.3. The van der Waals surface area contributed by atoms with Gasteiger partial charge in [-0.25, -0.2) is 0 Å². The smallest absolute Gasteiger partial charge is 0.134 e. The highest BCUT2D eigenvalue weighted by Crippen LogP contribution is 2.20. The fraction of sp³-hybridized carbons (Fsp3) is 0.500. The number of rotatable bonds is 6. The van der Waals surface area contributed by atoms with E-state index in [9.17, 15) is 0 Å². The fourth-order valence-electron chi connectivity index (χ4n) is 2.84. The number of furan rings is 1. The molecule has 0 bridgehead atoms. The van der Waals surface area contributed by atoms with Gasteiger partial charge in [0.05, 0.1) is 6.26 Å². The summed E-state index contributed by atoms with van der Waals surface area (Å²) in [4.78, 5) is 0. The lowest BCUT2D eigenvalue weighted by Gasteiger charge is -2.08. The summed E-state index contributed by atoms with van der Waals surface area (Å²) >= 11 is 0. The van der Waals surface area contributed by atoms with E-state index in [0.717, 1.165) is 31.0 Å². The third-order valence-electron chi connectivity index (χ3n) is 4.02. The van der Waals surface area contributed by atoms with Gasteiger partial charge in [0.25, 0.3) is 0 Å². The van der Waals surface area contributed by atoms with Crippen LogP contribution in [0.3, 0.4) is 0 Å². The van der Waals surface area contributed by atoms with Crippen LogP contribution in [0.5, 0.6) is 0 Å². The van der Waals surface area contributed by atoms with E-state index in [-0.39, 0.29) is 0 Å². The Bertz CT molecular complexity index is 514. The summed E-state index contributed by atoms with van der Waals surface area (Å²) in [5, 5.41) is 8.22. The molecule has 1 aromatic carbocycles. The Morgan fingerprint density at radius 2 is 2.21 bits per heavy atom. The number of hydrogen-bond donors (Lipinski definition) is 2. The van der Waals surface area contributed by atoms with E-state index in [1.165, 1.54) is 36.9 Å². The molecular formula is C16H22N2O. The van der Waals surface area contributed by atoms with E-state index < -0.39 is 0 Å². The number of fused-ring (bicyclic) bond motifs is 1. The minimum Gasteiger partial charge on any atom is -0.464 e. The van der Waals surface area contributed by atoms with Crippen molar-refractivity contribution >= 4 is 11.0 Å². The molecule has 3 nitrogen and oxygen atoms in total. The van der Waals surface area contributed by atoms with Gasteiger partial charge in [0.15, 0.2) is 0 Å². The molecule has 1 aliphatic heterocycles. The minimum atomic E-state index is 0.877. The van der Waals surface area contributed by atoms with Gasteiger partial charge >= 0.3 is 0 Å². The van der Waals surface area contributed by atoms with Gasteiger partial charge < -0.3 is 15.1 Å². The Balaban J connectivity index is 1.42. The van der Waals surface area contributed by atoms with E-state index in [1.54, 1.807) is 0 Å². The maximum atomic E-state index is 5.55. The number of nitrogens with one attached hydrogen (secondary N) is 2. The highest BCUT2D eigenvalue weighted by atomic mass is 16.3. The molecule has 1 atom stereocenters. The zero-order chi connectivity index (χ0) is 12.9. The van der Waals surface area contributed by atoms with Crippen LogP contribution in [0.2, 0.25) is 0 Å². The lowest BCUT2D eigenvalue weighted by Crippen LogP contribution is -2.21. The molecule has 3 rings (SSSR count). The average Bonchev–Trinajstić information content (AvgIpc) is 3.08. The van der Waals surface area contributed by atoms with Crippen LogP contribution in [0.1, 0.15) is 18.4 Å². The van der Waals surface area contributed by atoms with Crippen molar-refractivity contribution in [2.75, 3.05) is 26.2 Å². The van der Waals surface area contributed by atoms with Gasteiger partial charge in [-0.15, -0.1) is 0 Å². The number of benzene rings is 1. The highest BCUT2D eigenvalue weighted by Gasteiger charge is 2.13. The Labute approximate surface area is 114 Å². The van der Waals surface area contributed by atoms with Crippen molar-refractivity contribution in [3.63, 3.8) is 0 Å². The monoisotopic (exact) mass is 258 g/mol. The molecule has 0 saturated carbocycles. The maximum Gasteiger partial charge on any atom is 0.134 e. The van der Waals surface area contributed by atoms with Crippen LogP contribution in [0, 0.1) is 5.92 Å². The van der Waals surface area contributed by atoms with Crippen molar-refractivity contribution in [3.05, 3.63) is 36.1 Å². The fourth-order valence-corrected chi connectivity index (χ4v) is 2.84. The van der Waals surface area contributed by atoms with Crippen molar-refractivity contribution in [3.8, 4) is 0 Å². The van der Waals surface area contributed by atoms with Crippen LogP contribution in [-0.4, -0.2) is 26.2 Å². The van der Waals surface area contributed by atoms with Crippen LogP contribution < -0.4 is 10.6 Å². The van der Waals surface area contributed by atoms with Crippen LogP contribution in [0.4, 0.5) is 0 Å². The van der Waals surface area contributed by atoms with Gasteiger partial charge in [0.2, 0.25) is 0 Å². The molecule has 0 radical (unpaired) electrons. The van der Waals surface area contributed by atoms with Gasteiger partial charge in [-0.1, -0.05) is 18.2 Å². The van der Waals surface area contributed by atoms with Gasteiger partial charge in [-0.3, -0.25) is 0 Å². The predicted molar refractivity (Wildman–Crippen MR) is 78.4 cm³/mol. The molecule has 1 aliphatic rings. The molecule has 1 fully saturated rings. The topological polar surface area (TPSA) is 37.2 Å². The van der Waals surface area contributed by atoms with Crippen molar-refractivity contribution in [2.24, 2.45) is 5.92 Å². The average molecular weight is 258 g/mol. The third-order valence-corrected chi connectivity index (χ3v) is 4.02. The summed E-state index contributed by atoms with van der Waals surface area (Å²) in [6.45, 7) is 4.56. The lowest BCUT2D eigenvalue weighted by molar-refractivity contribution is 0.501. The van der Waals surface area contributed by atoms with Gasteiger partial charge in [0, 0.05) is 5.39 Å². The summed E-state index contributed by atoms with van der Waals surface area (Å²) in [7, 11) is 0. The van der Waals surface area contributed by atoms with Crippen LogP contribution >= 0.6 is 0 Å². The molecule has 1 aromatic heterocycles. The third kappa shape index (κ3) is 3.17. The maximum absolute atomic E-state index is 5.55. The summed E-state index contributed by atoms with van der Waals surface area (Å²) in [5.74, 6) is 0.877. The summed E-state index contributed by atoms with van der Waals surface area (Å²) in [6, 6.07) is 8.25. The largest absolute Gasteiger partial charge is 0.464 e. The molecule has 1 unspecified atom stereocenters. The predicted octanol–water partition coefficient (Wildman–Crippen LogP) is 2.56. The van der Waals surface area contributed by atoms with Gasteiger partial charge in [-0.05, 0) is 63.0 Å². The first-order chi connectivity index (χ1) is 9.43. The van der Waals surface area contributed by atoms with E-state index in [1.807, 2.05) is 18.4 Å². The zero-order valence-electron chi connectivity index (χ0n) is 11.3. The van der Waals surface area contributed by atoms with E-state index in [4.69, 9.17) is 4.42 Å². The Morgan fingerprint density at radius 3 is 3.11 bits per heavy atom. The molecule has 0 aliphatic carbocycles. The zero-order valence-corrected chi connectivity index (χ0v) is 11.3. The molecule has 0 spiro atoms. The van der Waals surface area contributed by atoms with E-state index in [2.05, 4.69) is 22.8 Å². The van der Waals surface area contributed by atoms with Crippen molar-refractivity contribution in [1.29, 1.82) is 0 Å². The Hall–Kier alpha value is -1.32. The van der Waals surface area contributed by atoms with Gasteiger partial charge in [0.1, 0.15) is 5.58 Å². The Kier molecular flexibility index (Phi) is 4.16. The minimum absolute atomic E-state index is 0.877. The number of para-hydroxylation sites is 1. The second-order valence-electron chi connectivity index (χ2n) is 5.40. The van der Waals surface area contributed by atoms with Crippen molar-refractivity contribution in [1.82, 2.24) is 10.6 Å². The second-order valence-corrected chi connectivity index (χ2v) is 5.40. The number of hydrogen-bond acceptors (Lipinski definition) is 3. The van der Waals surface area contributed by atoms with Crippen molar-refractivity contribution in [2.45, 2.75) is 19.3 Å². The first-order valence-electron chi connectivity index (χ1n) is 7.30. The van der Waals surface area contributed by atoms with Crippen LogP contribution in [0.15, 0.2) is 34.9 Å². The molecule has 102 valence electrons. The molecule has 2 aromatic rings. The quantitative estimate of drug-likeness (QED) is 0.782. The molecule has 2 N–H and O–H groups in total. The van der Waals surface area contributed by atoms with E-state index in [0.29, 0.717) is 0 Å². The van der Waals surface area contributed by atoms with Crippen molar-refractivity contribution < 1.29 is 4.42 Å². The van der Waals surface area contributed by atoms with Crippen LogP contribution in [-0.2, 0) is 6.42 Å². The summed E-state index contributed by atoms with van der Waals surface area (Å²) in [5.41, 5.74) is 2.31. The molecule has 1 saturated heterocycles. The first kappa shape index (κ1) is 12.7. The standard InChI is InChI=1S/C16H22N2O/c1-2-4-16-15(3-1)14(12-19-16)7-10-17-8-5-13-6-9-18-11-13/h1-4,12-13,17-18H,5-11H2. The molecule has 3 heteroatoms. The SMILES string of the molecule is c1ccc2c(CCNCCC3CCNC3)coc2c1. The first-order valence-corrected chi connectivity index (χ1v) is 7.30.